The molecule has 124 valence electrons. The molecule has 0 unspecified atom stereocenters. The van der Waals surface area contributed by atoms with E-state index in [-0.39, 0.29) is 5.41 Å². The van der Waals surface area contributed by atoms with Gasteiger partial charge in [0.05, 0.1) is 18.4 Å². The summed E-state index contributed by atoms with van der Waals surface area (Å²) < 4.78 is 16.3. The quantitative estimate of drug-likeness (QED) is 0.865. The summed E-state index contributed by atoms with van der Waals surface area (Å²) in [5.41, 5.74) is 1.60. The Morgan fingerprint density at radius 2 is 1.96 bits per heavy atom. The highest BCUT2D eigenvalue weighted by atomic mass is 16.5. The molecule has 2 aromatic rings. The Labute approximate surface area is 136 Å². The third-order valence-electron chi connectivity index (χ3n) is 4.06. The highest BCUT2D eigenvalue weighted by Gasteiger charge is 2.24. The van der Waals surface area contributed by atoms with Gasteiger partial charge in [-0.1, -0.05) is 25.9 Å². The summed E-state index contributed by atoms with van der Waals surface area (Å²) in [6, 6.07) is 1.91. The van der Waals surface area contributed by atoms with Crippen LogP contribution in [-0.4, -0.2) is 35.4 Å². The average molecular weight is 317 g/mol. The van der Waals surface area contributed by atoms with Gasteiger partial charge in [0.15, 0.2) is 5.82 Å². The number of hydrogen-bond acceptors (Lipinski definition) is 6. The second-order valence-corrected chi connectivity index (χ2v) is 6.87. The van der Waals surface area contributed by atoms with E-state index < -0.39 is 0 Å². The summed E-state index contributed by atoms with van der Waals surface area (Å²) in [4.78, 5) is 9.09. The Hall–Kier alpha value is -1.95. The van der Waals surface area contributed by atoms with Gasteiger partial charge in [0.1, 0.15) is 5.75 Å². The minimum Gasteiger partial charge on any atom is -0.495 e. The van der Waals surface area contributed by atoms with Crippen LogP contribution in [-0.2, 0) is 10.2 Å². The van der Waals surface area contributed by atoms with Crippen molar-refractivity contribution in [1.82, 2.24) is 15.1 Å². The molecule has 0 bridgehead atoms. The van der Waals surface area contributed by atoms with Gasteiger partial charge < -0.3 is 14.0 Å². The summed E-state index contributed by atoms with van der Waals surface area (Å²) in [6.07, 6.45) is 3.64. The molecular formula is C17H23N3O3. The zero-order chi connectivity index (χ0) is 16.4. The van der Waals surface area contributed by atoms with Crippen LogP contribution in [0.3, 0.4) is 0 Å². The van der Waals surface area contributed by atoms with Crippen LogP contribution >= 0.6 is 0 Å². The van der Waals surface area contributed by atoms with Gasteiger partial charge in [0, 0.05) is 30.7 Å². The summed E-state index contributed by atoms with van der Waals surface area (Å²) in [7, 11) is 1.65. The van der Waals surface area contributed by atoms with E-state index in [1.807, 2.05) is 6.07 Å². The third-order valence-corrected chi connectivity index (χ3v) is 4.06. The van der Waals surface area contributed by atoms with E-state index >= 15 is 0 Å². The number of aromatic nitrogens is 3. The first-order valence-corrected chi connectivity index (χ1v) is 7.95. The maximum Gasteiger partial charge on any atom is 0.259 e. The highest BCUT2D eigenvalue weighted by Crippen LogP contribution is 2.33. The second kappa shape index (κ2) is 6.28. The first-order chi connectivity index (χ1) is 11.0. The van der Waals surface area contributed by atoms with Crippen molar-refractivity contribution in [2.75, 3.05) is 20.3 Å². The summed E-state index contributed by atoms with van der Waals surface area (Å²) >= 11 is 0. The number of hydrogen-bond donors (Lipinski definition) is 0. The Balaban J connectivity index is 1.88. The molecule has 3 heterocycles. The van der Waals surface area contributed by atoms with Crippen LogP contribution in [0.4, 0.5) is 0 Å². The number of rotatable bonds is 3. The average Bonchev–Trinajstić information content (AvgIpc) is 3.04. The first kappa shape index (κ1) is 15.9. The van der Waals surface area contributed by atoms with Gasteiger partial charge in [-0.15, -0.1) is 0 Å². The molecule has 6 heteroatoms. The van der Waals surface area contributed by atoms with Crippen molar-refractivity contribution in [1.29, 1.82) is 0 Å². The molecule has 1 aliphatic rings. The SMILES string of the molecule is COc1cc(-c2nc(C3CCOCC3)no2)cnc1C(C)(C)C. The molecule has 0 aromatic carbocycles. The van der Waals surface area contributed by atoms with E-state index in [1.165, 1.54) is 0 Å². The molecule has 0 amide bonds. The normalized spacial score (nSPS) is 16.5. The van der Waals surface area contributed by atoms with Gasteiger partial charge in [0.25, 0.3) is 5.89 Å². The molecule has 23 heavy (non-hydrogen) atoms. The van der Waals surface area contributed by atoms with Crippen molar-refractivity contribution in [2.24, 2.45) is 0 Å². The monoisotopic (exact) mass is 317 g/mol. The van der Waals surface area contributed by atoms with Crippen molar-refractivity contribution < 1.29 is 14.0 Å². The maximum atomic E-state index is 5.49. The molecule has 1 saturated heterocycles. The zero-order valence-electron chi connectivity index (χ0n) is 14.1. The third kappa shape index (κ3) is 3.37. The lowest BCUT2D eigenvalue weighted by atomic mass is 9.90. The first-order valence-electron chi connectivity index (χ1n) is 7.95. The van der Waals surface area contributed by atoms with Crippen LogP contribution in [0.1, 0.15) is 51.0 Å². The highest BCUT2D eigenvalue weighted by molar-refractivity contribution is 5.56. The number of pyridine rings is 1. The van der Waals surface area contributed by atoms with E-state index in [0.29, 0.717) is 11.8 Å². The topological polar surface area (TPSA) is 70.3 Å². The predicted octanol–water partition coefficient (Wildman–Crippen LogP) is 3.33. The minimum atomic E-state index is -0.0913. The number of methoxy groups -OCH3 is 1. The summed E-state index contributed by atoms with van der Waals surface area (Å²) in [5.74, 6) is 2.28. The molecule has 1 aliphatic heterocycles. The fourth-order valence-electron chi connectivity index (χ4n) is 2.75. The van der Waals surface area contributed by atoms with Crippen LogP contribution in [0.25, 0.3) is 11.5 Å². The van der Waals surface area contributed by atoms with Crippen molar-refractivity contribution in [3.63, 3.8) is 0 Å². The van der Waals surface area contributed by atoms with Crippen LogP contribution in [0.5, 0.6) is 5.75 Å². The van der Waals surface area contributed by atoms with E-state index in [0.717, 1.165) is 48.9 Å². The summed E-state index contributed by atoms with van der Waals surface area (Å²) in [5, 5.41) is 4.13. The van der Waals surface area contributed by atoms with Crippen LogP contribution in [0.15, 0.2) is 16.8 Å². The Morgan fingerprint density at radius 1 is 1.22 bits per heavy atom. The van der Waals surface area contributed by atoms with Crippen molar-refractivity contribution in [3.05, 3.63) is 23.8 Å². The lowest BCUT2D eigenvalue weighted by Gasteiger charge is -2.20. The van der Waals surface area contributed by atoms with Gasteiger partial charge in [-0.3, -0.25) is 4.98 Å². The Kier molecular flexibility index (Phi) is 4.35. The van der Waals surface area contributed by atoms with Gasteiger partial charge in [0.2, 0.25) is 0 Å². The molecule has 0 aliphatic carbocycles. The van der Waals surface area contributed by atoms with Crippen LogP contribution < -0.4 is 4.74 Å². The lowest BCUT2D eigenvalue weighted by Crippen LogP contribution is -2.15. The van der Waals surface area contributed by atoms with E-state index in [1.54, 1.807) is 13.3 Å². The predicted molar refractivity (Wildman–Crippen MR) is 85.6 cm³/mol. The lowest BCUT2D eigenvalue weighted by molar-refractivity contribution is 0.0830. The van der Waals surface area contributed by atoms with Gasteiger partial charge in [-0.25, -0.2) is 0 Å². The number of ether oxygens (including phenoxy) is 2. The molecule has 0 N–H and O–H groups in total. The molecule has 0 saturated carbocycles. The van der Waals surface area contributed by atoms with E-state index in [2.05, 4.69) is 35.9 Å². The van der Waals surface area contributed by atoms with Crippen LogP contribution in [0.2, 0.25) is 0 Å². The molecule has 0 atom stereocenters. The number of nitrogens with zero attached hydrogens (tertiary/aromatic N) is 3. The molecule has 0 spiro atoms. The summed E-state index contributed by atoms with van der Waals surface area (Å²) in [6.45, 7) is 7.82. The van der Waals surface area contributed by atoms with E-state index in [9.17, 15) is 0 Å². The van der Waals surface area contributed by atoms with E-state index in [4.69, 9.17) is 14.0 Å². The van der Waals surface area contributed by atoms with Crippen LogP contribution in [0, 0.1) is 0 Å². The smallest absolute Gasteiger partial charge is 0.259 e. The Morgan fingerprint density at radius 3 is 2.61 bits per heavy atom. The van der Waals surface area contributed by atoms with Crippen molar-refractivity contribution in [3.8, 4) is 17.2 Å². The molecule has 0 radical (unpaired) electrons. The molecule has 1 fully saturated rings. The standard InChI is InChI=1S/C17H23N3O3/c1-17(2,3)14-13(21-4)9-12(10-18-14)16-19-15(20-23-16)11-5-7-22-8-6-11/h9-11H,5-8H2,1-4H3. The van der Waals surface area contributed by atoms with Crippen molar-refractivity contribution >= 4 is 0 Å². The van der Waals surface area contributed by atoms with Crippen molar-refractivity contribution in [2.45, 2.75) is 44.9 Å². The minimum absolute atomic E-state index is 0.0913. The zero-order valence-corrected chi connectivity index (χ0v) is 14.1. The maximum absolute atomic E-state index is 5.49. The molecular weight excluding hydrogens is 294 g/mol. The second-order valence-electron chi connectivity index (χ2n) is 6.87. The fourth-order valence-corrected chi connectivity index (χ4v) is 2.75. The molecule has 2 aromatic heterocycles. The largest absolute Gasteiger partial charge is 0.495 e. The van der Waals surface area contributed by atoms with Gasteiger partial charge >= 0.3 is 0 Å². The molecule has 6 nitrogen and oxygen atoms in total. The van der Waals surface area contributed by atoms with Gasteiger partial charge in [-0.05, 0) is 18.9 Å². The Bertz CT molecular complexity index is 670. The van der Waals surface area contributed by atoms with Gasteiger partial charge in [-0.2, -0.15) is 4.98 Å². The molecule has 3 rings (SSSR count). The fraction of sp³-hybridized carbons (Fsp3) is 0.588.